The molecular formula is C13H13F3N2O2S. The number of thiophene rings is 1. The van der Waals surface area contributed by atoms with Gasteiger partial charge < -0.3 is 5.11 Å². The van der Waals surface area contributed by atoms with Gasteiger partial charge in [-0.25, -0.2) is 4.79 Å². The minimum absolute atomic E-state index is 0.0716. The number of carboxylic acids is 1. The molecule has 0 amide bonds. The zero-order chi connectivity index (χ0) is 15.2. The van der Waals surface area contributed by atoms with Crippen LogP contribution in [0.4, 0.5) is 13.2 Å². The van der Waals surface area contributed by atoms with Gasteiger partial charge >= 0.3 is 12.1 Å². The molecule has 4 nitrogen and oxygen atoms in total. The summed E-state index contributed by atoms with van der Waals surface area (Å²) in [7, 11) is 0. The van der Waals surface area contributed by atoms with Crippen LogP contribution >= 0.6 is 11.3 Å². The van der Waals surface area contributed by atoms with Crippen molar-refractivity contribution in [1.82, 2.24) is 9.78 Å². The van der Waals surface area contributed by atoms with Crippen LogP contribution < -0.4 is 0 Å². The SMILES string of the molecule is O=C(O)c1cc2c(C(F)(F)F)nn(C3CCCCC3)c2s1. The largest absolute Gasteiger partial charge is 0.477 e. The van der Waals surface area contributed by atoms with E-state index in [1.165, 1.54) is 4.68 Å². The molecule has 3 rings (SSSR count). The zero-order valence-electron chi connectivity index (χ0n) is 11.0. The van der Waals surface area contributed by atoms with Gasteiger partial charge in [0.05, 0.1) is 6.04 Å². The molecule has 0 radical (unpaired) electrons. The molecule has 0 saturated heterocycles. The number of aromatic nitrogens is 2. The lowest BCUT2D eigenvalue weighted by atomic mass is 9.96. The van der Waals surface area contributed by atoms with Crippen molar-refractivity contribution in [3.05, 3.63) is 16.6 Å². The quantitative estimate of drug-likeness (QED) is 0.897. The van der Waals surface area contributed by atoms with Gasteiger partial charge in [-0.2, -0.15) is 18.3 Å². The maximum Gasteiger partial charge on any atom is 0.435 e. The fourth-order valence-corrected chi connectivity index (χ4v) is 3.84. The third kappa shape index (κ3) is 2.52. The van der Waals surface area contributed by atoms with Gasteiger partial charge in [0.15, 0.2) is 5.69 Å². The van der Waals surface area contributed by atoms with Crippen molar-refractivity contribution in [2.45, 2.75) is 44.3 Å². The molecule has 2 heterocycles. The van der Waals surface area contributed by atoms with E-state index in [-0.39, 0.29) is 16.3 Å². The number of hydrogen-bond donors (Lipinski definition) is 1. The molecule has 1 aliphatic carbocycles. The second-order valence-corrected chi connectivity index (χ2v) is 6.25. The molecule has 8 heteroatoms. The van der Waals surface area contributed by atoms with Crippen molar-refractivity contribution in [3.8, 4) is 0 Å². The average Bonchev–Trinajstić information content (AvgIpc) is 2.96. The highest BCUT2D eigenvalue weighted by atomic mass is 32.1. The molecular weight excluding hydrogens is 305 g/mol. The first-order chi connectivity index (χ1) is 9.88. The lowest BCUT2D eigenvalue weighted by Gasteiger charge is -2.22. The average molecular weight is 318 g/mol. The Hall–Kier alpha value is -1.57. The Labute approximate surface area is 122 Å². The van der Waals surface area contributed by atoms with Crippen LogP contribution in [-0.2, 0) is 6.18 Å². The number of carboxylic acid groups (broad SMARTS) is 1. The summed E-state index contributed by atoms with van der Waals surface area (Å²) in [4.78, 5) is 11.2. The minimum atomic E-state index is -4.57. The fraction of sp³-hybridized carbons (Fsp3) is 0.538. The number of fused-ring (bicyclic) bond motifs is 1. The molecule has 0 atom stereocenters. The number of alkyl halides is 3. The lowest BCUT2D eigenvalue weighted by molar-refractivity contribution is -0.140. The van der Waals surface area contributed by atoms with Gasteiger partial charge in [-0.1, -0.05) is 19.3 Å². The predicted molar refractivity (Wildman–Crippen MR) is 71.7 cm³/mol. The number of halogens is 3. The van der Waals surface area contributed by atoms with Gasteiger partial charge in [0.25, 0.3) is 0 Å². The predicted octanol–water partition coefficient (Wildman–Crippen LogP) is 4.32. The first-order valence-corrected chi connectivity index (χ1v) is 7.52. The Kier molecular flexibility index (Phi) is 3.43. The Morgan fingerprint density at radius 3 is 2.57 bits per heavy atom. The van der Waals surface area contributed by atoms with E-state index in [2.05, 4.69) is 5.10 Å². The maximum atomic E-state index is 13.1. The standard InChI is InChI=1S/C13H13F3N2O2S/c14-13(15,16)10-8-6-9(12(19)20)21-11(8)18(17-10)7-4-2-1-3-5-7/h6-7H,1-5H2,(H,19,20). The topological polar surface area (TPSA) is 55.1 Å². The number of nitrogens with zero attached hydrogens (tertiary/aromatic N) is 2. The molecule has 0 aromatic carbocycles. The summed E-state index contributed by atoms with van der Waals surface area (Å²) in [5.74, 6) is -1.21. The van der Waals surface area contributed by atoms with Crippen LogP contribution in [0.5, 0.6) is 0 Å². The van der Waals surface area contributed by atoms with Gasteiger partial charge in [0.1, 0.15) is 9.71 Å². The minimum Gasteiger partial charge on any atom is -0.477 e. The molecule has 1 fully saturated rings. The Balaban J connectivity index is 2.16. The van der Waals surface area contributed by atoms with E-state index in [4.69, 9.17) is 5.11 Å². The van der Waals surface area contributed by atoms with E-state index in [9.17, 15) is 18.0 Å². The molecule has 0 unspecified atom stereocenters. The van der Waals surface area contributed by atoms with E-state index < -0.39 is 17.8 Å². The monoisotopic (exact) mass is 318 g/mol. The van der Waals surface area contributed by atoms with Gasteiger partial charge in [-0.15, -0.1) is 11.3 Å². The molecule has 0 spiro atoms. The van der Waals surface area contributed by atoms with Gasteiger partial charge in [0.2, 0.25) is 0 Å². The normalized spacial score (nSPS) is 17.5. The lowest BCUT2D eigenvalue weighted by Crippen LogP contribution is -2.15. The van der Waals surface area contributed by atoms with Gasteiger partial charge in [0, 0.05) is 5.39 Å². The highest BCUT2D eigenvalue weighted by molar-refractivity contribution is 7.20. The summed E-state index contributed by atoms with van der Waals surface area (Å²) < 4.78 is 40.7. The third-order valence-corrected chi connectivity index (χ3v) is 4.90. The van der Waals surface area contributed by atoms with E-state index in [0.29, 0.717) is 4.83 Å². The van der Waals surface area contributed by atoms with Crippen LogP contribution in [0, 0.1) is 0 Å². The van der Waals surface area contributed by atoms with Crippen molar-refractivity contribution in [2.24, 2.45) is 0 Å². The van der Waals surface area contributed by atoms with Crippen LogP contribution in [0.15, 0.2) is 6.07 Å². The summed E-state index contributed by atoms with van der Waals surface area (Å²) in [5.41, 5.74) is -0.980. The van der Waals surface area contributed by atoms with Crippen molar-refractivity contribution in [2.75, 3.05) is 0 Å². The van der Waals surface area contributed by atoms with Crippen LogP contribution in [0.25, 0.3) is 10.2 Å². The van der Waals surface area contributed by atoms with E-state index in [0.717, 1.165) is 49.5 Å². The molecule has 0 bridgehead atoms. The molecule has 1 saturated carbocycles. The van der Waals surface area contributed by atoms with Gasteiger partial charge in [-0.3, -0.25) is 4.68 Å². The molecule has 114 valence electrons. The molecule has 21 heavy (non-hydrogen) atoms. The van der Waals surface area contributed by atoms with Crippen molar-refractivity contribution >= 4 is 27.5 Å². The van der Waals surface area contributed by atoms with Crippen molar-refractivity contribution < 1.29 is 23.1 Å². The molecule has 2 aromatic rings. The van der Waals surface area contributed by atoms with Gasteiger partial charge in [-0.05, 0) is 18.9 Å². The fourth-order valence-electron chi connectivity index (χ4n) is 2.82. The summed E-state index contributed by atoms with van der Waals surface area (Å²) in [6, 6.07) is 1.01. The van der Waals surface area contributed by atoms with E-state index >= 15 is 0 Å². The number of aromatic carboxylic acids is 1. The summed E-state index contributed by atoms with van der Waals surface area (Å²) in [6.07, 6.45) is 0.00466. The first kappa shape index (κ1) is 14.4. The highest BCUT2D eigenvalue weighted by Gasteiger charge is 2.38. The maximum absolute atomic E-state index is 13.1. The Morgan fingerprint density at radius 2 is 2.00 bits per heavy atom. The second-order valence-electron chi connectivity index (χ2n) is 5.22. The molecule has 2 aromatic heterocycles. The number of carbonyl (C=O) groups is 1. The van der Waals surface area contributed by atoms with E-state index in [1.54, 1.807) is 0 Å². The smallest absolute Gasteiger partial charge is 0.435 e. The number of hydrogen-bond acceptors (Lipinski definition) is 3. The summed E-state index contributed by atoms with van der Waals surface area (Å²) in [6.45, 7) is 0. The summed E-state index contributed by atoms with van der Waals surface area (Å²) >= 11 is 0.864. The van der Waals surface area contributed by atoms with Crippen LogP contribution in [-0.4, -0.2) is 20.9 Å². The molecule has 0 aliphatic heterocycles. The van der Waals surface area contributed by atoms with Crippen LogP contribution in [0.2, 0.25) is 0 Å². The van der Waals surface area contributed by atoms with Crippen LogP contribution in [0.3, 0.4) is 0 Å². The highest BCUT2D eigenvalue weighted by Crippen LogP contribution is 2.40. The Bertz CT molecular complexity index is 683. The summed E-state index contributed by atoms with van der Waals surface area (Å²) in [5, 5.41) is 12.7. The molecule has 1 aliphatic rings. The third-order valence-electron chi connectivity index (χ3n) is 3.78. The zero-order valence-corrected chi connectivity index (χ0v) is 11.8. The first-order valence-electron chi connectivity index (χ1n) is 6.70. The van der Waals surface area contributed by atoms with E-state index in [1.807, 2.05) is 0 Å². The van der Waals surface area contributed by atoms with Crippen molar-refractivity contribution in [1.29, 1.82) is 0 Å². The second kappa shape index (κ2) is 5.01. The number of rotatable bonds is 2. The Morgan fingerprint density at radius 1 is 1.33 bits per heavy atom. The van der Waals surface area contributed by atoms with Crippen LogP contribution in [0.1, 0.15) is 53.5 Å². The van der Waals surface area contributed by atoms with Crippen molar-refractivity contribution in [3.63, 3.8) is 0 Å². The molecule has 1 N–H and O–H groups in total.